The number of nitrogen functional groups attached to an aromatic ring is 1. The summed E-state index contributed by atoms with van der Waals surface area (Å²) in [6.45, 7) is 3.96. The average molecular weight is 390 g/mol. The van der Waals surface area contributed by atoms with Crippen LogP contribution in [0, 0.1) is 13.8 Å². The summed E-state index contributed by atoms with van der Waals surface area (Å²) < 4.78 is 26.1. The van der Waals surface area contributed by atoms with Crippen LogP contribution in [-0.4, -0.2) is 29.7 Å². The molecule has 1 unspecified atom stereocenters. The first-order chi connectivity index (χ1) is 9.78. The number of aryl methyl sites for hydroxylation is 1. The molecule has 0 amide bonds. The van der Waals surface area contributed by atoms with E-state index in [0.717, 1.165) is 25.5 Å². The third-order valence-electron chi connectivity index (χ3n) is 3.84. The molecule has 21 heavy (non-hydrogen) atoms. The Labute approximate surface area is 136 Å². The highest BCUT2D eigenvalue weighted by atomic mass is 79.9. The lowest BCUT2D eigenvalue weighted by molar-refractivity contribution is 0.508. The monoisotopic (exact) mass is 389 g/mol. The SMILES string of the molecule is Cc1cc(-c2nn(C3CCS(=O)(=O)C3)c(N)c2C)sc1Br. The molecule has 5 nitrogen and oxygen atoms in total. The number of nitrogens with zero attached hydrogens (tertiary/aromatic N) is 2. The third kappa shape index (κ3) is 2.64. The van der Waals surface area contributed by atoms with Gasteiger partial charge in [0.1, 0.15) is 11.5 Å². The van der Waals surface area contributed by atoms with Crippen molar-refractivity contribution < 1.29 is 8.42 Å². The minimum atomic E-state index is -2.95. The minimum Gasteiger partial charge on any atom is -0.384 e. The Kier molecular flexibility index (Phi) is 3.66. The zero-order valence-electron chi connectivity index (χ0n) is 11.8. The lowest BCUT2D eigenvalue weighted by Crippen LogP contribution is -2.14. The Morgan fingerprint density at radius 2 is 2.19 bits per heavy atom. The van der Waals surface area contributed by atoms with Gasteiger partial charge in [-0.3, -0.25) is 0 Å². The zero-order valence-corrected chi connectivity index (χ0v) is 15.0. The first-order valence-electron chi connectivity index (χ1n) is 6.60. The molecule has 1 fully saturated rings. The van der Waals surface area contributed by atoms with Crippen LogP contribution in [0.1, 0.15) is 23.6 Å². The van der Waals surface area contributed by atoms with Crippen molar-refractivity contribution in [2.24, 2.45) is 0 Å². The van der Waals surface area contributed by atoms with E-state index in [1.165, 1.54) is 0 Å². The van der Waals surface area contributed by atoms with Crippen LogP contribution in [0.4, 0.5) is 5.82 Å². The van der Waals surface area contributed by atoms with Gasteiger partial charge in [0.25, 0.3) is 0 Å². The van der Waals surface area contributed by atoms with Gasteiger partial charge in [0.05, 0.1) is 26.2 Å². The Bertz CT molecular complexity index is 788. The Morgan fingerprint density at radius 3 is 2.71 bits per heavy atom. The molecule has 3 rings (SSSR count). The van der Waals surface area contributed by atoms with E-state index in [2.05, 4.69) is 27.1 Å². The van der Waals surface area contributed by atoms with Crippen LogP contribution in [0.15, 0.2) is 9.85 Å². The number of sulfone groups is 1. The highest BCUT2D eigenvalue weighted by Crippen LogP contribution is 2.38. The van der Waals surface area contributed by atoms with Crippen molar-refractivity contribution in [3.05, 3.63) is 21.0 Å². The van der Waals surface area contributed by atoms with E-state index in [0.29, 0.717) is 12.2 Å². The molecule has 0 spiro atoms. The largest absolute Gasteiger partial charge is 0.384 e. The van der Waals surface area contributed by atoms with E-state index >= 15 is 0 Å². The zero-order chi connectivity index (χ0) is 15.4. The van der Waals surface area contributed by atoms with Crippen molar-refractivity contribution in [2.75, 3.05) is 17.2 Å². The highest BCUT2D eigenvalue weighted by Gasteiger charge is 2.32. The summed E-state index contributed by atoms with van der Waals surface area (Å²) in [5.41, 5.74) is 9.06. The van der Waals surface area contributed by atoms with Crippen LogP contribution in [0.25, 0.3) is 10.6 Å². The van der Waals surface area contributed by atoms with E-state index in [1.807, 2.05) is 13.8 Å². The van der Waals surface area contributed by atoms with Crippen LogP contribution in [0.3, 0.4) is 0 Å². The lowest BCUT2D eigenvalue weighted by atomic mass is 10.2. The van der Waals surface area contributed by atoms with Crippen molar-refractivity contribution in [3.8, 4) is 10.6 Å². The Balaban J connectivity index is 2.04. The van der Waals surface area contributed by atoms with Gasteiger partial charge < -0.3 is 5.73 Å². The van der Waals surface area contributed by atoms with Crippen LogP contribution in [0.2, 0.25) is 0 Å². The second kappa shape index (κ2) is 5.10. The number of nitrogens with two attached hydrogens (primary N) is 1. The summed E-state index contributed by atoms with van der Waals surface area (Å²) in [5, 5.41) is 4.60. The smallest absolute Gasteiger partial charge is 0.152 e. The minimum absolute atomic E-state index is 0.130. The molecular weight excluding hydrogens is 374 g/mol. The summed E-state index contributed by atoms with van der Waals surface area (Å²) in [6, 6.07) is 1.92. The average Bonchev–Trinajstić information content (AvgIpc) is 3.01. The van der Waals surface area contributed by atoms with Crippen molar-refractivity contribution in [3.63, 3.8) is 0 Å². The fourth-order valence-electron chi connectivity index (χ4n) is 2.59. The maximum atomic E-state index is 11.6. The summed E-state index contributed by atoms with van der Waals surface area (Å²) in [6.07, 6.45) is 0.584. The summed E-state index contributed by atoms with van der Waals surface area (Å²) in [7, 11) is -2.95. The number of halogens is 1. The highest BCUT2D eigenvalue weighted by molar-refractivity contribution is 9.11. The maximum Gasteiger partial charge on any atom is 0.152 e. The van der Waals surface area contributed by atoms with Gasteiger partial charge in [0.2, 0.25) is 0 Å². The molecular formula is C13H16BrN3O2S2. The topological polar surface area (TPSA) is 78.0 Å². The van der Waals surface area contributed by atoms with Gasteiger partial charge in [-0.15, -0.1) is 11.3 Å². The fraction of sp³-hybridized carbons (Fsp3) is 0.462. The molecule has 0 radical (unpaired) electrons. The van der Waals surface area contributed by atoms with Gasteiger partial charge in [-0.05, 0) is 47.8 Å². The molecule has 2 N–H and O–H groups in total. The molecule has 114 valence electrons. The molecule has 1 aliphatic heterocycles. The van der Waals surface area contributed by atoms with Crippen molar-refractivity contribution in [1.29, 1.82) is 0 Å². The molecule has 2 aromatic heterocycles. The number of aromatic nitrogens is 2. The van der Waals surface area contributed by atoms with Gasteiger partial charge in [-0.1, -0.05) is 0 Å². The molecule has 0 saturated carbocycles. The number of hydrogen-bond acceptors (Lipinski definition) is 5. The predicted octanol–water partition coefficient (Wildman–Crippen LogP) is 2.93. The second-order valence-electron chi connectivity index (χ2n) is 5.43. The van der Waals surface area contributed by atoms with Gasteiger partial charge >= 0.3 is 0 Å². The van der Waals surface area contributed by atoms with Gasteiger partial charge in [0.15, 0.2) is 9.84 Å². The van der Waals surface area contributed by atoms with E-state index in [-0.39, 0.29) is 17.5 Å². The second-order valence-corrected chi connectivity index (χ2v) is 10.0. The van der Waals surface area contributed by atoms with E-state index < -0.39 is 9.84 Å². The molecule has 0 bridgehead atoms. The number of thiophene rings is 1. The summed E-state index contributed by atoms with van der Waals surface area (Å²) in [5.74, 6) is 0.911. The van der Waals surface area contributed by atoms with E-state index in [4.69, 9.17) is 5.73 Å². The number of hydrogen-bond donors (Lipinski definition) is 1. The van der Waals surface area contributed by atoms with Crippen LogP contribution < -0.4 is 5.73 Å². The van der Waals surface area contributed by atoms with Crippen molar-refractivity contribution in [2.45, 2.75) is 26.3 Å². The fourth-order valence-corrected chi connectivity index (χ4v) is 5.86. The Morgan fingerprint density at radius 1 is 1.48 bits per heavy atom. The first-order valence-corrected chi connectivity index (χ1v) is 10.0. The molecule has 0 aromatic carbocycles. The molecule has 0 aliphatic carbocycles. The van der Waals surface area contributed by atoms with Gasteiger partial charge in [-0.25, -0.2) is 13.1 Å². The Hall–Kier alpha value is -0.860. The number of anilines is 1. The normalized spacial score (nSPS) is 21.0. The molecule has 8 heteroatoms. The third-order valence-corrected chi connectivity index (χ3v) is 7.73. The van der Waals surface area contributed by atoms with Crippen LogP contribution >= 0.6 is 27.3 Å². The van der Waals surface area contributed by atoms with E-state index in [1.54, 1.807) is 16.0 Å². The van der Waals surface area contributed by atoms with Crippen molar-refractivity contribution in [1.82, 2.24) is 9.78 Å². The van der Waals surface area contributed by atoms with Gasteiger partial charge in [0, 0.05) is 5.56 Å². The van der Waals surface area contributed by atoms with Gasteiger partial charge in [-0.2, -0.15) is 5.10 Å². The first kappa shape index (κ1) is 15.1. The predicted molar refractivity (Wildman–Crippen MR) is 89.4 cm³/mol. The molecule has 3 heterocycles. The molecule has 1 saturated heterocycles. The maximum absolute atomic E-state index is 11.6. The quantitative estimate of drug-likeness (QED) is 0.855. The summed E-state index contributed by atoms with van der Waals surface area (Å²) in [4.78, 5) is 1.04. The molecule has 1 aliphatic rings. The van der Waals surface area contributed by atoms with Crippen LogP contribution in [-0.2, 0) is 9.84 Å². The molecule has 2 aromatic rings. The standard InChI is InChI=1S/C13H16BrN3O2S2/c1-7-5-10(20-12(7)14)11-8(2)13(15)17(16-11)9-3-4-21(18,19)6-9/h5,9H,3-4,6,15H2,1-2H3. The van der Waals surface area contributed by atoms with Crippen LogP contribution in [0.5, 0.6) is 0 Å². The lowest BCUT2D eigenvalue weighted by Gasteiger charge is -2.10. The molecule has 1 atom stereocenters. The number of rotatable bonds is 2. The van der Waals surface area contributed by atoms with Crippen molar-refractivity contribution >= 4 is 42.9 Å². The summed E-state index contributed by atoms with van der Waals surface area (Å²) >= 11 is 5.13. The van der Waals surface area contributed by atoms with E-state index in [9.17, 15) is 8.42 Å².